The molecule has 0 aromatic carbocycles. The second-order valence-electron chi connectivity index (χ2n) is 16.1. The molecular weight excluding hydrogens is 448 g/mol. The molecule has 1 heterocycles. The summed E-state index contributed by atoms with van der Waals surface area (Å²) in [4.78, 5) is 13.6. The fraction of sp³-hybridized carbons (Fsp3) is 0.906. The first-order valence-corrected chi connectivity index (χ1v) is 14.9. The van der Waals surface area contributed by atoms with E-state index >= 15 is 0 Å². The quantitative estimate of drug-likeness (QED) is 0.375. The molecule has 0 aromatic heterocycles. The normalized spacial score (nSPS) is 54.7. The van der Waals surface area contributed by atoms with Crippen molar-refractivity contribution in [1.29, 1.82) is 0 Å². The molecule has 0 radical (unpaired) electrons. The zero-order valence-corrected chi connectivity index (χ0v) is 24.1. The van der Waals surface area contributed by atoms with Crippen LogP contribution in [0.2, 0.25) is 0 Å². The van der Waals surface area contributed by atoms with Gasteiger partial charge in [-0.05, 0) is 124 Å². The van der Waals surface area contributed by atoms with E-state index in [9.17, 15) is 9.90 Å². The lowest BCUT2D eigenvalue weighted by Crippen LogP contribution is -2.68. The van der Waals surface area contributed by atoms with E-state index in [0.717, 1.165) is 51.4 Å². The number of carboxylic acids is 1. The van der Waals surface area contributed by atoms with E-state index < -0.39 is 17.2 Å². The summed E-state index contributed by atoms with van der Waals surface area (Å²) in [5.41, 5.74) is 0.653. The molecule has 202 valence electrons. The number of hydrogen-bond acceptors (Lipinski definition) is 3. The summed E-state index contributed by atoms with van der Waals surface area (Å²) in [7, 11) is 0. The van der Waals surface area contributed by atoms with E-state index in [4.69, 9.17) is 9.47 Å². The molecule has 1 saturated heterocycles. The van der Waals surface area contributed by atoms with Gasteiger partial charge in [0.15, 0.2) is 5.79 Å². The van der Waals surface area contributed by atoms with E-state index in [2.05, 4.69) is 61.5 Å². The molecule has 5 fully saturated rings. The zero-order valence-electron chi connectivity index (χ0n) is 24.1. The zero-order chi connectivity index (χ0) is 26.2. The van der Waals surface area contributed by atoms with Gasteiger partial charge in [0.1, 0.15) is 0 Å². The third-order valence-electron chi connectivity index (χ3n) is 13.3. The van der Waals surface area contributed by atoms with Gasteiger partial charge in [-0.25, -0.2) is 0 Å². The maximum absolute atomic E-state index is 13.6. The van der Waals surface area contributed by atoms with E-state index in [1.807, 2.05) is 0 Å². The van der Waals surface area contributed by atoms with Crippen LogP contribution in [0.3, 0.4) is 0 Å². The number of ether oxygens (including phenoxy) is 2. The minimum Gasteiger partial charge on any atom is -0.481 e. The molecule has 0 unspecified atom stereocenters. The van der Waals surface area contributed by atoms with E-state index in [-0.39, 0.29) is 33.4 Å². The molecule has 36 heavy (non-hydrogen) atoms. The van der Waals surface area contributed by atoms with Crippen LogP contribution in [0.5, 0.6) is 0 Å². The molecule has 4 heteroatoms. The van der Waals surface area contributed by atoms with Crippen LogP contribution in [0.15, 0.2) is 11.6 Å². The minimum atomic E-state index is -0.731. The number of aliphatic carboxylic acids is 1. The summed E-state index contributed by atoms with van der Waals surface area (Å²) in [6, 6.07) is 0. The lowest BCUT2D eigenvalue weighted by Gasteiger charge is -2.70. The Labute approximate surface area is 219 Å². The molecule has 4 nitrogen and oxygen atoms in total. The van der Waals surface area contributed by atoms with Crippen LogP contribution >= 0.6 is 0 Å². The van der Waals surface area contributed by atoms with Gasteiger partial charge in [0.2, 0.25) is 0 Å². The first-order valence-electron chi connectivity index (χ1n) is 14.9. The average Bonchev–Trinajstić information content (AvgIpc) is 3.01. The molecular formula is C32H50O4. The molecule has 0 spiro atoms. The van der Waals surface area contributed by atoms with Crippen LogP contribution in [0.1, 0.15) is 120 Å². The molecule has 6 aliphatic rings. The van der Waals surface area contributed by atoms with Crippen LogP contribution in [-0.2, 0) is 14.3 Å². The Bertz CT molecular complexity index is 1010. The second kappa shape index (κ2) is 7.20. The van der Waals surface area contributed by atoms with Gasteiger partial charge in [-0.1, -0.05) is 46.3 Å². The van der Waals surface area contributed by atoms with Gasteiger partial charge < -0.3 is 14.6 Å². The molecule has 1 aliphatic heterocycles. The van der Waals surface area contributed by atoms with Crippen LogP contribution in [0.25, 0.3) is 0 Å². The second-order valence-corrected chi connectivity index (χ2v) is 16.1. The van der Waals surface area contributed by atoms with Crippen molar-refractivity contribution in [2.75, 3.05) is 0 Å². The lowest BCUT2D eigenvalue weighted by molar-refractivity contribution is -0.227. The SMILES string of the molecule is CC1(C)CC[C@]2(C)CC[C@]3(C(=O)O)C(=CC[C@@H]4[C@@]5(C)CC[C@H]6OC(C)(C)O[C@@]6(C)[C@@H]5CC[C@]43C)[C@@H]2C1. The van der Waals surface area contributed by atoms with Gasteiger partial charge in [-0.2, -0.15) is 0 Å². The van der Waals surface area contributed by atoms with Crippen molar-refractivity contribution < 1.29 is 19.4 Å². The number of carbonyl (C=O) groups is 1. The highest BCUT2D eigenvalue weighted by molar-refractivity contribution is 5.81. The van der Waals surface area contributed by atoms with Crippen molar-refractivity contribution in [2.24, 2.45) is 44.8 Å². The lowest BCUT2D eigenvalue weighted by atomic mass is 9.34. The van der Waals surface area contributed by atoms with Gasteiger partial charge in [0, 0.05) is 0 Å². The predicted octanol–water partition coefficient (Wildman–Crippen LogP) is 7.76. The van der Waals surface area contributed by atoms with E-state index in [0.29, 0.717) is 17.8 Å². The maximum atomic E-state index is 13.6. The van der Waals surface area contributed by atoms with Gasteiger partial charge in [0.05, 0.1) is 17.1 Å². The first-order chi connectivity index (χ1) is 16.5. The summed E-state index contributed by atoms with van der Waals surface area (Å²) < 4.78 is 13.1. The number of rotatable bonds is 1. The summed E-state index contributed by atoms with van der Waals surface area (Å²) in [5, 5.41) is 11.2. The summed E-state index contributed by atoms with van der Waals surface area (Å²) >= 11 is 0. The predicted molar refractivity (Wildman–Crippen MR) is 141 cm³/mol. The Morgan fingerprint density at radius 2 is 1.58 bits per heavy atom. The summed E-state index contributed by atoms with van der Waals surface area (Å²) in [5.74, 6) is 0.0565. The monoisotopic (exact) mass is 498 g/mol. The number of fused-ring (bicyclic) bond motifs is 9. The standard InChI is InChI=1S/C32H50O4/c1-26(2)15-16-28(5)17-18-32(25(33)34)20(21(28)19-26)9-10-22-29(6)13-12-24-31(8,36-27(3,4)35-24)23(29)11-14-30(22,32)7/h9,21-24H,10-19H2,1-8H3,(H,33,34)/t21-,22+,23+,24+,28+,29+,30+,31-,32+/m0/s1. The molecule has 1 N–H and O–H groups in total. The first kappa shape index (κ1) is 25.4. The van der Waals surface area contributed by atoms with Crippen molar-refractivity contribution in [1.82, 2.24) is 0 Å². The van der Waals surface area contributed by atoms with Crippen LogP contribution in [0, 0.1) is 44.8 Å². The smallest absolute Gasteiger partial charge is 0.314 e. The highest BCUT2D eigenvalue weighted by Crippen LogP contribution is 2.76. The topological polar surface area (TPSA) is 55.8 Å². The molecule has 0 amide bonds. The highest BCUT2D eigenvalue weighted by atomic mass is 16.8. The van der Waals surface area contributed by atoms with Crippen LogP contribution < -0.4 is 0 Å². The molecule has 4 saturated carbocycles. The third-order valence-corrected chi connectivity index (χ3v) is 13.3. The summed E-state index contributed by atoms with van der Waals surface area (Å²) in [6.07, 6.45) is 13.2. The Morgan fingerprint density at radius 3 is 2.28 bits per heavy atom. The Morgan fingerprint density at radius 1 is 0.889 bits per heavy atom. The van der Waals surface area contributed by atoms with Gasteiger partial charge >= 0.3 is 5.97 Å². The van der Waals surface area contributed by atoms with Gasteiger partial charge in [-0.3, -0.25) is 4.79 Å². The largest absolute Gasteiger partial charge is 0.481 e. The fourth-order valence-corrected chi connectivity index (χ4v) is 11.5. The fourth-order valence-electron chi connectivity index (χ4n) is 11.5. The van der Waals surface area contributed by atoms with E-state index in [1.165, 1.54) is 18.4 Å². The maximum Gasteiger partial charge on any atom is 0.314 e. The highest BCUT2D eigenvalue weighted by Gasteiger charge is 2.73. The Hall–Kier alpha value is -0.870. The van der Waals surface area contributed by atoms with Crippen molar-refractivity contribution in [3.63, 3.8) is 0 Å². The van der Waals surface area contributed by atoms with Gasteiger partial charge in [-0.15, -0.1) is 0 Å². The number of allylic oxidation sites excluding steroid dienone is 1. The van der Waals surface area contributed by atoms with Crippen LogP contribution in [0.4, 0.5) is 0 Å². The number of carboxylic acid groups (broad SMARTS) is 1. The van der Waals surface area contributed by atoms with Gasteiger partial charge in [0.25, 0.3) is 0 Å². The third kappa shape index (κ3) is 2.98. The molecule has 9 atom stereocenters. The van der Waals surface area contributed by atoms with Crippen molar-refractivity contribution in [3.8, 4) is 0 Å². The number of hydrogen-bond donors (Lipinski definition) is 1. The van der Waals surface area contributed by atoms with Crippen LogP contribution in [-0.4, -0.2) is 28.6 Å². The molecule has 0 bridgehead atoms. The molecule has 5 aliphatic carbocycles. The van der Waals surface area contributed by atoms with Crippen molar-refractivity contribution >= 4 is 5.97 Å². The average molecular weight is 499 g/mol. The molecule has 6 rings (SSSR count). The Balaban J connectivity index is 1.45. The summed E-state index contributed by atoms with van der Waals surface area (Å²) in [6.45, 7) is 18.5. The minimum absolute atomic E-state index is 0.0547. The van der Waals surface area contributed by atoms with E-state index in [1.54, 1.807) is 0 Å². The van der Waals surface area contributed by atoms with Crippen molar-refractivity contribution in [2.45, 2.75) is 137 Å². The Kier molecular flexibility index (Phi) is 5.08. The molecule has 0 aromatic rings. The van der Waals surface area contributed by atoms with Crippen molar-refractivity contribution in [3.05, 3.63) is 11.6 Å².